The average Bonchev–Trinajstić information content (AvgIpc) is 2.78. The lowest BCUT2D eigenvalue weighted by Crippen LogP contribution is -2.89. The summed E-state index contributed by atoms with van der Waals surface area (Å²) in [6.07, 6.45) is 1.40. The molecule has 1 saturated heterocycles. The molecule has 0 spiro atoms. The lowest BCUT2D eigenvalue weighted by Gasteiger charge is -2.79. The van der Waals surface area contributed by atoms with Gasteiger partial charge in [-0.05, 0) is 58.1 Å². The number of aryl methyl sites for hydroxylation is 1. The number of rotatable bonds is 5. The van der Waals surface area contributed by atoms with Gasteiger partial charge in [0, 0.05) is 17.5 Å². The molecule has 1 fully saturated rings. The largest absolute Gasteiger partial charge is 0.363 e. The minimum Gasteiger partial charge on any atom is -0.363 e. The van der Waals surface area contributed by atoms with E-state index in [1.807, 2.05) is 0 Å². The van der Waals surface area contributed by atoms with Gasteiger partial charge in [-0.3, -0.25) is 9.78 Å². The van der Waals surface area contributed by atoms with Crippen LogP contribution < -0.4 is 5.32 Å². The maximum atomic E-state index is 17.5. The predicted molar refractivity (Wildman–Crippen MR) is 158 cm³/mol. The van der Waals surface area contributed by atoms with Crippen LogP contribution in [-0.4, -0.2) is 132 Å². The van der Waals surface area contributed by atoms with E-state index in [1.54, 1.807) is 13.0 Å². The third-order valence-electron chi connectivity index (χ3n) is 6.89. The average molecular weight is 512 g/mol. The molecule has 1 N–H and O–H groups in total. The number of hydrogen-bond donors (Lipinski definition) is 1. The molecular weight excluding hydrogens is 501 g/mol. The molecule has 0 unspecified atom stereocenters. The molecule has 0 aliphatic carbocycles. The van der Waals surface area contributed by atoms with E-state index >= 15 is 4.39 Å². The summed E-state index contributed by atoms with van der Waals surface area (Å²) in [5, 5.41) is -16.4. The van der Waals surface area contributed by atoms with Crippen molar-refractivity contribution in [2.24, 2.45) is 0 Å². The van der Waals surface area contributed by atoms with Crippen molar-refractivity contribution in [3.05, 3.63) is 64.2 Å². The second kappa shape index (κ2) is 9.64. The van der Waals surface area contributed by atoms with Gasteiger partial charge in [-0.15, -0.1) is 0 Å². The van der Waals surface area contributed by atoms with Crippen molar-refractivity contribution in [2.75, 3.05) is 0 Å². The van der Waals surface area contributed by atoms with Crippen LogP contribution in [0.4, 0.5) is 8.78 Å². The highest BCUT2D eigenvalue weighted by molar-refractivity contribution is 6.64. The van der Waals surface area contributed by atoms with Gasteiger partial charge in [0.1, 0.15) is 5.82 Å². The lowest BCUT2D eigenvalue weighted by molar-refractivity contribution is -0.0359. The maximum Gasteiger partial charge on any atom is 0.252 e. The summed E-state index contributed by atoms with van der Waals surface area (Å²) in [4.78, 5) is 17.8. The Kier molecular flexibility index (Phi) is 7.97. The molecule has 1 aliphatic heterocycles. The number of aromatic nitrogens is 1. The van der Waals surface area contributed by atoms with E-state index < -0.39 is 54.2 Å². The fourth-order valence-corrected chi connectivity index (χ4v) is 4.73. The first-order chi connectivity index (χ1) is 17.4. The summed E-state index contributed by atoms with van der Waals surface area (Å²) in [6.45, 7) is 1.74. The molecule has 2 heterocycles. The van der Waals surface area contributed by atoms with Crippen LogP contribution >= 0.6 is 11.6 Å². The molecule has 0 saturated carbocycles. The second-order valence-electron chi connectivity index (χ2n) is 9.90. The van der Waals surface area contributed by atoms with E-state index in [0.717, 1.165) is 23.8 Å². The van der Waals surface area contributed by atoms with E-state index in [-0.39, 0.29) is 16.2 Å². The van der Waals surface area contributed by atoms with Gasteiger partial charge in [0.15, 0.2) is 0 Å². The van der Waals surface area contributed by atoms with Crippen LogP contribution in [0.25, 0.3) is 0 Å². The third kappa shape index (κ3) is 4.54. The van der Waals surface area contributed by atoms with E-state index in [9.17, 15) is 9.18 Å². The predicted octanol–water partition coefficient (Wildman–Crippen LogP) is -2.04. The van der Waals surface area contributed by atoms with Crippen molar-refractivity contribution in [2.45, 2.75) is 44.4 Å². The number of amides is 1. The van der Waals surface area contributed by atoms with Crippen LogP contribution in [0.1, 0.15) is 21.6 Å². The Morgan fingerprint density at radius 3 is 1.90 bits per heavy atom. The van der Waals surface area contributed by atoms with Crippen molar-refractivity contribution in [1.82, 2.24) is 15.2 Å². The highest BCUT2D eigenvalue weighted by atomic mass is 35.5. The zero-order chi connectivity index (χ0) is 30.2. The normalized spacial score (nSPS) is 21.2. The fraction of sp³-hybridized carbons (Fsp3) is 0.400. The summed E-state index contributed by atoms with van der Waals surface area (Å²) < 4.78 is 31.2. The molecule has 2 aromatic rings. The van der Waals surface area contributed by atoms with E-state index in [1.165, 1.54) is 12.3 Å². The van der Waals surface area contributed by atoms with Gasteiger partial charge in [-0.25, -0.2) is 8.78 Å². The number of hydrogen-bond acceptors (Lipinski definition) is 3. The summed E-state index contributed by atoms with van der Waals surface area (Å²) >= 11 is 5.78. The van der Waals surface area contributed by atoms with Gasteiger partial charge in [-0.2, -0.15) is 0 Å². The molecule has 0 bridgehead atoms. The molecule has 1 aliphatic rings. The van der Waals surface area contributed by atoms with Crippen LogP contribution in [0.2, 0.25) is 15.5 Å². The molecule has 4 nitrogen and oxygen atoms in total. The van der Waals surface area contributed by atoms with Crippen LogP contribution in [0.5, 0.6) is 0 Å². The molecule has 168 valence electrons. The van der Waals surface area contributed by atoms with Crippen molar-refractivity contribution in [3.63, 3.8) is 0 Å². The van der Waals surface area contributed by atoms with Crippen LogP contribution in [0.3, 0.4) is 0 Å². The Morgan fingerprint density at radius 2 is 1.46 bits per heavy atom. The Morgan fingerprint density at radius 1 is 0.949 bits per heavy atom. The van der Waals surface area contributed by atoms with Gasteiger partial charge in [0.2, 0.25) is 0 Å². The molecule has 19 heteroatoms. The molecule has 1 amide bonds. The Bertz CT molecular complexity index is 1270. The second-order valence-corrected chi connectivity index (χ2v) is 10.3. The first kappa shape index (κ1) is 32.2. The van der Waals surface area contributed by atoms with Crippen molar-refractivity contribution < 1.29 is 13.6 Å². The highest BCUT2D eigenvalue weighted by Gasteiger charge is 2.74. The minimum absolute atomic E-state index is 0.0735. The Hall–Kier alpha value is -1.27. The van der Waals surface area contributed by atoms with E-state index in [2.05, 4.69) is 10.3 Å². The molecule has 39 heavy (non-hydrogen) atoms. The third-order valence-corrected chi connectivity index (χ3v) is 7.18. The summed E-state index contributed by atoms with van der Waals surface area (Å²) in [6, 6.07) is 5.68. The fourth-order valence-electron chi connectivity index (χ4n) is 4.55. The topological polar surface area (TPSA) is 45.2 Å². The zero-order valence-corrected chi connectivity index (χ0v) is 21.6. The van der Waals surface area contributed by atoms with Crippen molar-refractivity contribution in [1.29, 1.82) is 0 Å². The van der Waals surface area contributed by atoms with Crippen LogP contribution in [0.15, 0.2) is 36.5 Å². The van der Waals surface area contributed by atoms with Crippen LogP contribution in [0, 0.1) is 12.7 Å². The maximum absolute atomic E-state index is 17.5. The number of carbonyl (C=O) groups is 1. The number of alkyl halides is 1. The molecule has 0 atom stereocenters. The molecule has 1 aromatic carbocycles. The number of nitrogens with one attached hydrogen (secondary N) is 1. The lowest BCUT2D eigenvalue weighted by atomic mass is 9.11. The Balaban J connectivity index is 2.20. The molecule has 3 rings (SSSR count). The number of halogens is 3. The highest BCUT2D eigenvalue weighted by Crippen LogP contribution is 2.67. The number of benzene rings is 1. The summed E-state index contributed by atoms with van der Waals surface area (Å²) in [5.41, 5.74) is -3.55. The summed E-state index contributed by atoms with van der Waals surface area (Å²) in [5.74, 6) is -2.14. The molecule has 24 radical (unpaired) electrons. The van der Waals surface area contributed by atoms with E-state index in [4.69, 9.17) is 106 Å². The zero-order valence-electron chi connectivity index (χ0n) is 20.8. The number of carbonyl (C=O) groups excluding carboxylic acids is 1. The van der Waals surface area contributed by atoms with Gasteiger partial charge in [0.25, 0.3) is 5.91 Å². The van der Waals surface area contributed by atoms with Crippen molar-refractivity contribution >= 4 is 112 Å². The smallest absolute Gasteiger partial charge is 0.252 e. The number of pyridine rings is 1. The Labute approximate surface area is 248 Å². The van der Waals surface area contributed by atoms with Gasteiger partial charge in [0.05, 0.1) is 105 Å². The summed E-state index contributed by atoms with van der Waals surface area (Å²) in [7, 11) is 73.8. The monoisotopic (exact) mass is 513 g/mol. The van der Waals surface area contributed by atoms with Gasteiger partial charge >= 0.3 is 0 Å². The minimum atomic E-state index is -3.84. The first-order valence-corrected chi connectivity index (χ1v) is 11.5. The number of piperidine rings is 1. The van der Waals surface area contributed by atoms with Gasteiger partial charge in [-0.1, -0.05) is 28.1 Å². The molecular formula is C20H10B12ClF2N3O. The number of likely N-dealkylation sites (tertiary alicyclic amines) is 1. The van der Waals surface area contributed by atoms with E-state index in [0.29, 0.717) is 0 Å². The van der Waals surface area contributed by atoms with Crippen LogP contribution in [-0.2, 0) is 5.34 Å². The standard InChI is InChI=1S/C20H10B12ClF2N3O/c1-8-2-5-12(36-7-8)14(21,22)37-18(27,28)15(35)16(23,24)19(29,30)38(20(31,32)17(15,25)26)13(39)9-3-4-11(34)10(33)6-9/h2-7,37H,1H3. The number of nitrogens with zero attached hydrogens (tertiary/aromatic N) is 2. The SMILES string of the molecule is [B]C([B])(NC([B])([B])C1(F)C([B])([B])C([B])([B])N(C(=O)c2ccc(F)c(Cl)c2)C([B])([B])C1([B])[B])c1ccc(C)cn1. The quantitative estimate of drug-likeness (QED) is 0.471. The molecule has 1 aromatic heterocycles. The van der Waals surface area contributed by atoms with Gasteiger partial charge < -0.3 is 10.2 Å². The van der Waals surface area contributed by atoms with Crippen molar-refractivity contribution in [3.8, 4) is 0 Å². The first-order valence-electron chi connectivity index (χ1n) is 11.1.